The summed E-state index contributed by atoms with van der Waals surface area (Å²) in [5.41, 5.74) is 1.33. The quantitative estimate of drug-likeness (QED) is 0.786. The summed E-state index contributed by atoms with van der Waals surface area (Å²) in [5, 5.41) is 9.97. The molecule has 2 heterocycles. The number of fused-ring (bicyclic) bond motifs is 1. The second-order valence-corrected chi connectivity index (χ2v) is 4.70. The highest BCUT2D eigenvalue weighted by molar-refractivity contribution is 6.30. The smallest absolute Gasteiger partial charge is 0.137 e. The summed E-state index contributed by atoms with van der Waals surface area (Å²) < 4.78 is 28.4. The van der Waals surface area contributed by atoms with Gasteiger partial charge in [-0.25, -0.2) is 13.8 Å². The Bertz CT molecular complexity index is 801. The van der Waals surface area contributed by atoms with E-state index in [1.54, 1.807) is 22.7 Å². The highest BCUT2D eigenvalue weighted by Gasteiger charge is 2.17. The van der Waals surface area contributed by atoms with Gasteiger partial charge in [-0.1, -0.05) is 11.6 Å². The summed E-state index contributed by atoms with van der Waals surface area (Å²) in [4.78, 5) is 4.27. The molecule has 1 N–H and O–H groups in total. The molecule has 102 valence electrons. The monoisotopic (exact) mass is 294 g/mol. The highest BCUT2D eigenvalue weighted by atomic mass is 35.5. The molecule has 0 saturated carbocycles. The van der Waals surface area contributed by atoms with E-state index >= 15 is 0 Å². The number of halogens is 3. The Labute approximate surface area is 118 Å². The molecule has 0 radical (unpaired) electrons. The van der Waals surface area contributed by atoms with E-state index in [0.717, 1.165) is 12.1 Å². The van der Waals surface area contributed by atoms with E-state index in [0.29, 0.717) is 16.4 Å². The first-order chi connectivity index (χ1) is 9.60. The normalized spacial score (nSPS) is 11.2. The van der Waals surface area contributed by atoms with Crippen molar-refractivity contribution in [3.8, 4) is 11.3 Å². The maximum atomic E-state index is 13.9. The van der Waals surface area contributed by atoms with Crippen LogP contribution in [0.1, 0.15) is 5.69 Å². The van der Waals surface area contributed by atoms with Crippen LogP contribution in [0.5, 0.6) is 0 Å². The summed E-state index contributed by atoms with van der Waals surface area (Å²) in [6, 6.07) is 6.54. The van der Waals surface area contributed by atoms with E-state index in [4.69, 9.17) is 11.6 Å². The van der Waals surface area contributed by atoms with Crippen molar-refractivity contribution in [2.24, 2.45) is 0 Å². The fourth-order valence-corrected chi connectivity index (χ4v) is 2.28. The van der Waals surface area contributed by atoms with Crippen molar-refractivity contribution >= 4 is 17.2 Å². The molecule has 0 atom stereocenters. The Balaban J connectivity index is 2.30. The van der Waals surface area contributed by atoms with Crippen LogP contribution in [0.4, 0.5) is 8.78 Å². The molecule has 0 fully saturated rings. The van der Waals surface area contributed by atoms with Crippen LogP contribution in [0.15, 0.2) is 36.5 Å². The fourth-order valence-electron chi connectivity index (χ4n) is 2.12. The minimum atomic E-state index is -0.728. The number of rotatable bonds is 2. The lowest BCUT2D eigenvalue weighted by Crippen LogP contribution is -1.95. The zero-order valence-corrected chi connectivity index (χ0v) is 10.9. The lowest BCUT2D eigenvalue weighted by atomic mass is 10.1. The molecule has 0 aliphatic heterocycles. The van der Waals surface area contributed by atoms with Gasteiger partial charge in [-0.3, -0.25) is 4.40 Å². The average molecular weight is 295 g/mol. The van der Waals surface area contributed by atoms with Crippen LogP contribution >= 0.6 is 11.6 Å². The van der Waals surface area contributed by atoms with E-state index in [2.05, 4.69) is 4.98 Å². The third kappa shape index (κ3) is 2.05. The Morgan fingerprint density at radius 3 is 2.70 bits per heavy atom. The van der Waals surface area contributed by atoms with E-state index in [1.807, 2.05) is 0 Å². The van der Waals surface area contributed by atoms with Crippen molar-refractivity contribution in [2.45, 2.75) is 6.61 Å². The number of pyridine rings is 1. The second kappa shape index (κ2) is 4.85. The van der Waals surface area contributed by atoms with Crippen LogP contribution in [0.3, 0.4) is 0 Å². The molecule has 2 aromatic heterocycles. The maximum Gasteiger partial charge on any atom is 0.137 e. The molecule has 3 aromatic rings. The average Bonchev–Trinajstić information content (AvgIpc) is 2.76. The first kappa shape index (κ1) is 13.0. The Hall–Kier alpha value is -1.98. The number of hydrogen-bond donors (Lipinski definition) is 1. The van der Waals surface area contributed by atoms with Gasteiger partial charge in [0, 0.05) is 17.8 Å². The van der Waals surface area contributed by atoms with Gasteiger partial charge in [-0.15, -0.1) is 0 Å². The van der Waals surface area contributed by atoms with Crippen molar-refractivity contribution < 1.29 is 13.9 Å². The summed E-state index contributed by atoms with van der Waals surface area (Å²) in [7, 11) is 0. The first-order valence-corrected chi connectivity index (χ1v) is 6.20. The standard InChI is InChI=1S/C14H9ClF2N2O/c15-8-1-4-13-18-14(12(7-20)19(13)6-8)10-3-2-9(16)5-11(10)17/h1-6,20H,7H2. The van der Waals surface area contributed by atoms with Crippen LogP contribution in [0, 0.1) is 11.6 Å². The van der Waals surface area contributed by atoms with E-state index in [-0.39, 0.29) is 17.9 Å². The lowest BCUT2D eigenvalue weighted by Gasteiger charge is -2.03. The van der Waals surface area contributed by atoms with Crippen LogP contribution in [-0.2, 0) is 6.61 Å². The van der Waals surface area contributed by atoms with Gasteiger partial charge in [0.1, 0.15) is 17.3 Å². The maximum absolute atomic E-state index is 13.9. The topological polar surface area (TPSA) is 37.5 Å². The number of nitrogens with zero attached hydrogens (tertiary/aromatic N) is 2. The van der Waals surface area contributed by atoms with Gasteiger partial charge >= 0.3 is 0 Å². The largest absolute Gasteiger partial charge is 0.390 e. The molecule has 0 unspecified atom stereocenters. The minimum Gasteiger partial charge on any atom is -0.390 e. The molecule has 0 saturated heterocycles. The molecular weight excluding hydrogens is 286 g/mol. The summed E-state index contributed by atoms with van der Waals surface area (Å²) in [5.74, 6) is -1.39. The molecule has 0 spiro atoms. The number of aromatic nitrogens is 2. The number of imidazole rings is 1. The van der Waals surface area contributed by atoms with Crippen LogP contribution in [0.2, 0.25) is 5.02 Å². The predicted molar refractivity (Wildman–Crippen MR) is 71.5 cm³/mol. The fraction of sp³-hybridized carbons (Fsp3) is 0.0714. The number of aliphatic hydroxyl groups excluding tert-OH is 1. The van der Waals surface area contributed by atoms with Crippen molar-refractivity contribution in [1.82, 2.24) is 9.38 Å². The lowest BCUT2D eigenvalue weighted by molar-refractivity contribution is 0.276. The van der Waals surface area contributed by atoms with Crippen LogP contribution in [-0.4, -0.2) is 14.5 Å². The summed E-state index contributed by atoms with van der Waals surface area (Å²) >= 11 is 5.90. The third-order valence-electron chi connectivity index (χ3n) is 3.02. The van der Waals surface area contributed by atoms with E-state index < -0.39 is 11.6 Å². The Kier molecular flexibility index (Phi) is 3.16. The molecule has 0 aliphatic carbocycles. The van der Waals surface area contributed by atoms with Crippen molar-refractivity contribution in [1.29, 1.82) is 0 Å². The molecule has 0 aliphatic rings. The Morgan fingerprint density at radius 1 is 1.20 bits per heavy atom. The summed E-state index contributed by atoms with van der Waals surface area (Å²) in [6.45, 7) is -0.340. The molecule has 6 heteroatoms. The highest BCUT2D eigenvalue weighted by Crippen LogP contribution is 2.28. The SMILES string of the molecule is OCc1c(-c2ccc(F)cc2F)nc2ccc(Cl)cn12. The third-order valence-corrected chi connectivity index (χ3v) is 3.24. The van der Waals surface area contributed by atoms with Crippen LogP contribution < -0.4 is 0 Å². The molecule has 0 bridgehead atoms. The second-order valence-electron chi connectivity index (χ2n) is 4.26. The van der Waals surface area contributed by atoms with E-state index in [1.165, 1.54) is 6.07 Å². The van der Waals surface area contributed by atoms with Gasteiger partial charge in [0.25, 0.3) is 0 Å². The number of hydrogen-bond acceptors (Lipinski definition) is 2. The van der Waals surface area contributed by atoms with Crippen molar-refractivity contribution in [3.63, 3.8) is 0 Å². The van der Waals surface area contributed by atoms with E-state index in [9.17, 15) is 13.9 Å². The molecule has 20 heavy (non-hydrogen) atoms. The molecule has 3 rings (SSSR count). The van der Waals surface area contributed by atoms with Gasteiger partial charge in [-0.05, 0) is 24.3 Å². The number of benzene rings is 1. The molecule has 3 nitrogen and oxygen atoms in total. The predicted octanol–water partition coefficient (Wildman–Crippen LogP) is 3.43. The zero-order chi connectivity index (χ0) is 14.3. The van der Waals surface area contributed by atoms with Gasteiger partial charge < -0.3 is 5.11 Å². The Morgan fingerprint density at radius 2 is 2.00 bits per heavy atom. The minimum absolute atomic E-state index is 0.135. The zero-order valence-electron chi connectivity index (χ0n) is 10.1. The van der Waals surface area contributed by atoms with Gasteiger partial charge in [0.15, 0.2) is 0 Å². The molecular formula is C14H9ClF2N2O. The van der Waals surface area contributed by atoms with Gasteiger partial charge in [-0.2, -0.15) is 0 Å². The summed E-state index contributed by atoms with van der Waals surface area (Å²) in [6.07, 6.45) is 1.58. The van der Waals surface area contributed by atoms with Crippen LogP contribution in [0.25, 0.3) is 16.9 Å². The van der Waals surface area contributed by atoms with Gasteiger partial charge in [0.05, 0.1) is 23.0 Å². The van der Waals surface area contributed by atoms with Crippen molar-refractivity contribution in [3.05, 3.63) is 58.9 Å². The first-order valence-electron chi connectivity index (χ1n) is 5.83. The van der Waals surface area contributed by atoms with Crippen molar-refractivity contribution in [2.75, 3.05) is 0 Å². The molecule has 0 amide bonds. The number of aliphatic hydroxyl groups is 1. The molecule has 1 aromatic carbocycles. The van der Waals surface area contributed by atoms with Gasteiger partial charge in [0.2, 0.25) is 0 Å².